The van der Waals surface area contributed by atoms with E-state index in [0.717, 1.165) is 32.1 Å². The molecule has 1 fully saturated rings. The minimum Gasteiger partial charge on any atom is -0.330 e. The maximum atomic E-state index is 5.63. The maximum Gasteiger partial charge on any atom is 0.0764 e. The van der Waals surface area contributed by atoms with Gasteiger partial charge in [-0.3, -0.25) is 9.58 Å². The summed E-state index contributed by atoms with van der Waals surface area (Å²) in [7, 11) is 0. The lowest BCUT2D eigenvalue weighted by molar-refractivity contribution is 0.117. The van der Waals surface area contributed by atoms with Gasteiger partial charge in [0.2, 0.25) is 0 Å². The third-order valence-corrected chi connectivity index (χ3v) is 3.80. The molecule has 18 heavy (non-hydrogen) atoms. The number of rotatable bonds is 7. The van der Waals surface area contributed by atoms with Crippen molar-refractivity contribution in [2.75, 3.05) is 13.1 Å². The number of hydrogen-bond acceptors (Lipinski definition) is 3. The molecule has 1 heterocycles. The van der Waals surface area contributed by atoms with Crippen molar-refractivity contribution >= 4 is 0 Å². The molecule has 2 N–H and O–H groups in total. The molecular weight excluding hydrogens is 224 g/mol. The van der Waals surface area contributed by atoms with Crippen LogP contribution in [-0.4, -0.2) is 33.8 Å². The zero-order chi connectivity index (χ0) is 13.0. The Bertz CT molecular complexity index is 354. The van der Waals surface area contributed by atoms with E-state index in [1.54, 1.807) is 0 Å². The van der Waals surface area contributed by atoms with Crippen LogP contribution in [0.4, 0.5) is 0 Å². The quantitative estimate of drug-likeness (QED) is 0.806. The van der Waals surface area contributed by atoms with Gasteiger partial charge in [-0.05, 0) is 45.7 Å². The van der Waals surface area contributed by atoms with Crippen molar-refractivity contribution in [2.24, 2.45) is 5.73 Å². The Morgan fingerprint density at radius 1 is 1.50 bits per heavy atom. The van der Waals surface area contributed by atoms with Crippen LogP contribution in [0.15, 0.2) is 12.3 Å². The number of hydrogen-bond donors (Lipinski definition) is 1. The van der Waals surface area contributed by atoms with Crippen LogP contribution >= 0.6 is 0 Å². The molecule has 1 aliphatic rings. The third kappa shape index (κ3) is 3.33. The van der Waals surface area contributed by atoms with Crippen LogP contribution in [-0.2, 0) is 6.54 Å². The van der Waals surface area contributed by atoms with Crippen molar-refractivity contribution in [3.05, 3.63) is 18.0 Å². The van der Waals surface area contributed by atoms with E-state index in [-0.39, 0.29) is 0 Å². The van der Waals surface area contributed by atoms with E-state index in [1.165, 1.54) is 25.0 Å². The molecule has 1 aliphatic carbocycles. The highest BCUT2D eigenvalue weighted by atomic mass is 15.3. The van der Waals surface area contributed by atoms with Gasteiger partial charge in [-0.1, -0.05) is 6.42 Å². The SMILES string of the molecule is CC(C)n1ccc(CN(CCCN)C2CCC2)n1. The predicted octanol–water partition coefficient (Wildman–Crippen LogP) is 2.17. The first-order chi connectivity index (χ1) is 8.70. The Balaban J connectivity index is 1.93. The van der Waals surface area contributed by atoms with Gasteiger partial charge < -0.3 is 5.73 Å². The highest BCUT2D eigenvalue weighted by Crippen LogP contribution is 2.26. The van der Waals surface area contributed by atoms with E-state index in [4.69, 9.17) is 5.73 Å². The number of nitrogens with two attached hydrogens (primary N) is 1. The molecule has 0 atom stereocenters. The van der Waals surface area contributed by atoms with Gasteiger partial charge in [-0.25, -0.2) is 0 Å². The second-order valence-electron chi connectivity index (χ2n) is 5.58. The van der Waals surface area contributed by atoms with Crippen LogP contribution in [0.1, 0.15) is 51.3 Å². The van der Waals surface area contributed by atoms with E-state index in [2.05, 4.69) is 36.1 Å². The van der Waals surface area contributed by atoms with Crippen molar-refractivity contribution in [3.8, 4) is 0 Å². The van der Waals surface area contributed by atoms with Gasteiger partial charge in [0, 0.05) is 31.4 Å². The molecule has 0 aromatic carbocycles. The first-order valence-electron chi connectivity index (χ1n) is 7.19. The molecule has 4 heteroatoms. The predicted molar refractivity (Wildman–Crippen MR) is 74.3 cm³/mol. The van der Waals surface area contributed by atoms with Gasteiger partial charge >= 0.3 is 0 Å². The smallest absolute Gasteiger partial charge is 0.0764 e. The summed E-state index contributed by atoms with van der Waals surface area (Å²) in [6.07, 6.45) is 7.23. The second-order valence-corrected chi connectivity index (χ2v) is 5.58. The lowest BCUT2D eigenvalue weighted by Crippen LogP contribution is -2.40. The topological polar surface area (TPSA) is 47.1 Å². The second kappa shape index (κ2) is 6.34. The van der Waals surface area contributed by atoms with Gasteiger partial charge in [0.05, 0.1) is 5.69 Å². The van der Waals surface area contributed by atoms with E-state index >= 15 is 0 Å². The molecule has 1 aromatic heterocycles. The number of nitrogens with zero attached hydrogens (tertiary/aromatic N) is 3. The first kappa shape index (κ1) is 13.6. The Labute approximate surface area is 110 Å². The average Bonchev–Trinajstić information content (AvgIpc) is 2.72. The molecule has 0 amide bonds. The molecule has 0 saturated heterocycles. The Morgan fingerprint density at radius 3 is 2.78 bits per heavy atom. The summed E-state index contributed by atoms with van der Waals surface area (Å²) >= 11 is 0. The van der Waals surface area contributed by atoms with E-state index < -0.39 is 0 Å². The van der Waals surface area contributed by atoms with Gasteiger partial charge in [-0.15, -0.1) is 0 Å². The molecule has 1 saturated carbocycles. The van der Waals surface area contributed by atoms with Crippen molar-refractivity contribution in [3.63, 3.8) is 0 Å². The average molecular weight is 250 g/mol. The summed E-state index contributed by atoms with van der Waals surface area (Å²) in [5, 5.41) is 4.64. The molecule has 4 nitrogen and oxygen atoms in total. The normalized spacial score (nSPS) is 16.5. The lowest BCUT2D eigenvalue weighted by Gasteiger charge is -2.37. The van der Waals surface area contributed by atoms with E-state index in [0.29, 0.717) is 6.04 Å². The maximum absolute atomic E-state index is 5.63. The summed E-state index contributed by atoms with van der Waals surface area (Å²) in [5.74, 6) is 0. The largest absolute Gasteiger partial charge is 0.330 e. The zero-order valence-corrected chi connectivity index (χ0v) is 11.7. The molecule has 0 bridgehead atoms. The fourth-order valence-electron chi connectivity index (χ4n) is 2.39. The fourth-order valence-corrected chi connectivity index (χ4v) is 2.39. The summed E-state index contributed by atoms with van der Waals surface area (Å²) in [4.78, 5) is 2.56. The van der Waals surface area contributed by atoms with Crippen molar-refractivity contribution in [1.29, 1.82) is 0 Å². The minimum absolute atomic E-state index is 0.444. The Hall–Kier alpha value is -0.870. The number of aromatic nitrogens is 2. The summed E-state index contributed by atoms with van der Waals surface area (Å²) in [6.45, 7) is 7.19. The summed E-state index contributed by atoms with van der Waals surface area (Å²) < 4.78 is 2.04. The molecule has 2 rings (SSSR count). The molecular formula is C14H26N4. The van der Waals surface area contributed by atoms with Gasteiger partial charge in [0.15, 0.2) is 0 Å². The van der Waals surface area contributed by atoms with Gasteiger partial charge in [0.1, 0.15) is 0 Å². The van der Waals surface area contributed by atoms with Crippen LogP contribution in [0.2, 0.25) is 0 Å². The van der Waals surface area contributed by atoms with Crippen LogP contribution in [0.25, 0.3) is 0 Å². The first-order valence-corrected chi connectivity index (χ1v) is 7.19. The van der Waals surface area contributed by atoms with Gasteiger partial charge in [-0.2, -0.15) is 5.10 Å². The van der Waals surface area contributed by atoms with Crippen LogP contribution in [0, 0.1) is 0 Å². The molecule has 102 valence electrons. The summed E-state index contributed by atoms with van der Waals surface area (Å²) in [5.41, 5.74) is 6.81. The molecule has 1 aromatic rings. The minimum atomic E-state index is 0.444. The molecule has 0 spiro atoms. The standard InChI is InChI=1S/C14H26N4/c1-12(2)18-10-7-13(16-18)11-17(9-4-8-15)14-5-3-6-14/h7,10,12,14H,3-6,8-9,11,15H2,1-2H3. The van der Waals surface area contributed by atoms with Crippen LogP contribution in [0.3, 0.4) is 0 Å². The highest BCUT2D eigenvalue weighted by Gasteiger charge is 2.24. The summed E-state index contributed by atoms with van der Waals surface area (Å²) in [6, 6.07) is 3.36. The van der Waals surface area contributed by atoms with Crippen LogP contribution in [0.5, 0.6) is 0 Å². The van der Waals surface area contributed by atoms with Crippen molar-refractivity contribution in [2.45, 2.75) is 58.2 Å². The third-order valence-electron chi connectivity index (χ3n) is 3.80. The fraction of sp³-hybridized carbons (Fsp3) is 0.786. The molecule has 0 unspecified atom stereocenters. The zero-order valence-electron chi connectivity index (χ0n) is 11.7. The highest BCUT2D eigenvalue weighted by molar-refractivity contribution is 5.00. The van der Waals surface area contributed by atoms with E-state index in [9.17, 15) is 0 Å². The van der Waals surface area contributed by atoms with Crippen molar-refractivity contribution in [1.82, 2.24) is 14.7 Å². The van der Waals surface area contributed by atoms with Crippen LogP contribution < -0.4 is 5.73 Å². The Kier molecular flexibility index (Phi) is 4.78. The molecule has 0 aliphatic heterocycles. The van der Waals surface area contributed by atoms with Crippen molar-refractivity contribution < 1.29 is 0 Å². The van der Waals surface area contributed by atoms with E-state index in [1.807, 2.05) is 4.68 Å². The lowest BCUT2D eigenvalue weighted by atomic mass is 9.91. The molecule has 0 radical (unpaired) electrons. The van der Waals surface area contributed by atoms with Gasteiger partial charge in [0.25, 0.3) is 0 Å². The monoisotopic (exact) mass is 250 g/mol. The Morgan fingerprint density at radius 2 is 2.28 bits per heavy atom.